The Morgan fingerprint density at radius 1 is 1.28 bits per heavy atom. The summed E-state index contributed by atoms with van der Waals surface area (Å²) in [6, 6.07) is 2.17. The smallest absolute Gasteiger partial charge is 0.312 e. The third-order valence-electron chi connectivity index (χ3n) is 6.82. The number of rotatable bonds is 5. The third-order valence-corrected chi connectivity index (χ3v) is 6.82. The van der Waals surface area contributed by atoms with Crippen LogP contribution in [0.4, 0.5) is 0 Å². The van der Waals surface area contributed by atoms with E-state index >= 15 is 0 Å². The maximum Gasteiger partial charge on any atom is 0.312 e. The quantitative estimate of drug-likeness (QED) is 0.738. The second-order valence-electron chi connectivity index (χ2n) is 9.18. The van der Waals surface area contributed by atoms with Gasteiger partial charge in [-0.25, -0.2) is 0 Å². The fourth-order valence-corrected chi connectivity index (χ4v) is 5.94. The van der Waals surface area contributed by atoms with Gasteiger partial charge >= 0.3 is 5.97 Å². The Hall–Kier alpha value is -1.61. The van der Waals surface area contributed by atoms with Gasteiger partial charge in [-0.15, -0.1) is 0 Å². The Kier molecular flexibility index (Phi) is 3.66. The van der Waals surface area contributed by atoms with Crippen LogP contribution in [0.5, 0.6) is 0 Å². The van der Waals surface area contributed by atoms with Crippen molar-refractivity contribution in [2.24, 2.45) is 23.2 Å². The zero-order chi connectivity index (χ0) is 17.9. The van der Waals surface area contributed by atoms with Crippen LogP contribution in [0.3, 0.4) is 0 Å². The molecule has 0 spiro atoms. The number of aliphatic hydroxyl groups is 1. The van der Waals surface area contributed by atoms with Gasteiger partial charge in [-0.2, -0.15) is 5.26 Å². The highest BCUT2D eigenvalue weighted by Gasteiger charge is 2.61. The fraction of sp³-hybridized carbons (Fsp3) is 0.842. The molecule has 0 aromatic heterocycles. The molecular formula is C19H26N2O4. The lowest BCUT2D eigenvalue weighted by Crippen LogP contribution is -2.58. The Labute approximate surface area is 147 Å². The standard InChI is InChI=1S/C19H26N2O4/c1-17(11-20,14-2-3-14)21-15(22)9-25-16(23)18-5-12-4-13(6-18)8-19(24,7-12)10-18/h12-14,24H,2-10H2,1H3,(H,21,22)/t12-,13+,17-,18?,19?/m1/s1. The van der Waals surface area contributed by atoms with E-state index in [1.165, 1.54) is 0 Å². The van der Waals surface area contributed by atoms with E-state index in [1.54, 1.807) is 6.92 Å². The number of ether oxygens (including phenoxy) is 1. The van der Waals surface area contributed by atoms with E-state index in [0.29, 0.717) is 18.3 Å². The van der Waals surface area contributed by atoms with Crippen LogP contribution in [0.2, 0.25) is 0 Å². The van der Waals surface area contributed by atoms with Crippen molar-refractivity contribution in [1.29, 1.82) is 5.26 Å². The van der Waals surface area contributed by atoms with Gasteiger partial charge in [-0.1, -0.05) is 0 Å². The minimum Gasteiger partial charge on any atom is -0.455 e. The van der Waals surface area contributed by atoms with Crippen molar-refractivity contribution >= 4 is 11.9 Å². The summed E-state index contributed by atoms with van der Waals surface area (Å²) in [5.74, 6) is 0.205. The minimum absolute atomic E-state index is 0.189. The van der Waals surface area contributed by atoms with Crippen molar-refractivity contribution in [2.75, 3.05) is 6.61 Å². The number of amides is 1. The average Bonchev–Trinajstić information content (AvgIpc) is 3.35. The molecule has 136 valence electrons. The van der Waals surface area contributed by atoms with E-state index in [9.17, 15) is 20.0 Å². The summed E-state index contributed by atoms with van der Waals surface area (Å²) >= 11 is 0. The number of nitrogens with zero attached hydrogens (tertiary/aromatic N) is 1. The highest BCUT2D eigenvalue weighted by atomic mass is 16.5. The summed E-state index contributed by atoms with van der Waals surface area (Å²) in [4.78, 5) is 24.9. The van der Waals surface area contributed by atoms with Crippen LogP contribution in [-0.4, -0.2) is 34.7 Å². The van der Waals surface area contributed by atoms with E-state index < -0.39 is 22.5 Å². The molecule has 1 amide bonds. The summed E-state index contributed by atoms with van der Waals surface area (Å²) < 4.78 is 5.35. The van der Waals surface area contributed by atoms with Crippen LogP contribution in [0.15, 0.2) is 0 Å². The number of hydrogen-bond donors (Lipinski definition) is 2. The summed E-state index contributed by atoms with van der Waals surface area (Å²) in [6.45, 7) is 1.37. The summed E-state index contributed by atoms with van der Waals surface area (Å²) in [6.07, 6.45) is 6.56. The van der Waals surface area contributed by atoms with Crippen LogP contribution >= 0.6 is 0 Å². The van der Waals surface area contributed by atoms with Gasteiger partial charge in [0.1, 0.15) is 5.54 Å². The van der Waals surface area contributed by atoms with E-state index in [-0.39, 0.29) is 18.5 Å². The number of nitriles is 1. The zero-order valence-corrected chi connectivity index (χ0v) is 14.7. The van der Waals surface area contributed by atoms with E-state index in [2.05, 4.69) is 11.4 Å². The van der Waals surface area contributed by atoms with E-state index in [4.69, 9.17) is 4.74 Å². The maximum atomic E-state index is 12.7. The van der Waals surface area contributed by atoms with Crippen molar-refractivity contribution in [3.8, 4) is 6.07 Å². The zero-order valence-electron chi connectivity index (χ0n) is 14.7. The second-order valence-corrected chi connectivity index (χ2v) is 9.18. The lowest BCUT2D eigenvalue weighted by molar-refractivity contribution is -0.196. The maximum absolute atomic E-state index is 12.7. The summed E-state index contributed by atoms with van der Waals surface area (Å²) in [5, 5.41) is 22.7. The highest BCUT2D eigenvalue weighted by Crippen LogP contribution is 2.61. The predicted octanol–water partition coefficient (Wildman–Crippen LogP) is 1.67. The van der Waals surface area contributed by atoms with Crippen molar-refractivity contribution in [3.05, 3.63) is 0 Å². The second kappa shape index (κ2) is 5.44. The molecule has 4 bridgehead atoms. The normalized spacial score (nSPS) is 40.8. The molecule has 0 heterocycles. The van der Waals surface area contributed by atoms with Gasteiger partial charge in [0.2, 0.25) is 0 Å². The first-order chi connectivity index (χ1) is 11.8. The molecule has 0 saturated heterocycles. The molecule has 5 fully saturated rings. The average molecular weight is 346 g/mol. The largest absolute Gasteiger partial charge is 0.455 e. The molecule has 5 atom stereocenters. The summed E-state index contributed by atoms with van der Waals surface area (Å²) in [5.41, 5.74) is -2.22. The molecule has 0 radical (unpaired) electrons. The van der Waals surface area contributed by atoms with Gasteiger partial charge in [0.05, 0.1) is 17.1 Å². The van der Waals surface area contributed by atoms with Crippen LogP contribution in [0, 0.1) is 34.5 Å². The molecule has 5 rings (SSSR count). The van der Waals surface area contributed by atoms with Gasteiger partial charge in [0, 0.05) is 0 Å². The molecule has 6 nitrogen and oxygen atoms in total. The SMILES string of the molecule is C[C@](C#N)(NC(=O)COC(=O)C12C[C@@H]3C[C@@H](CC(O)(C3)C1)C2)C1CC1. The molecule has 25 heavy (non-hydrogen) atoms. The molecule has 0 aromatic rings. The monoisotopic (exact) mass is 346 g/mol. The fourth-order valence-electron chi connectivity index (χ4n) is 5.94. The van der Waals surface area contributed by atoms with Crippen molar-refractivity contribution in [3.63, 3.8) is 0 Å². The molecule has 0 aromatic carbocycles. The van der Waals surface area contributed by atoms with E-state index in [0.717, 1.165) is 44.9 Å². The Morgan fingerprint density at radius 3 is 2.44 bits per heavy atom. The van der Waals surface area contributed by atoms with Crippen LogP contribution in [0.25, 0.3) is 0 Å². The predicted molar refractivity (Wildman–Crippen MR) is 87.9 cm³/mol. The number of esters is 1. The molecule has 0 aliphatic heterocycles. The van der Waals surface area contributed by atoms with Gasteiger partial charge < -0.3 is 15.2 Å². The van der Waals surface area contributed by atoms with Crippen LogP contribution < -0.4 is 5.32 Å². The Morgan fingerprint density at radius 2 is 1.92 bits per heavy atom. The minimum atomic E-state index is -0.876. The van der Waals surface area contributed by atoms with Gasteiger partial charge in [-0.05, 0) is 76.0 Å². The molecular weight excluding hydrogens is 320 g/mol. The molecule has 5 aliphatic carbocycles. The van der Waals surface area contributed by atoms with Crippen molar-refractivity contribution < 1.29 is 19.4 Å². The van der Waals surface area contributed by atoms with Crippen LogP contribution in [-0.2, 0) is 14.3 Å². The van der Waals surface area contributed by atoms with Crippen molar-refractivity contribution in [1.82, 2.24) is 5.32 Å². The van der Waals surface area contributed by atoms with Crippen LogP contribution in [0.1, 0.15) is 58.3 Å². The third kappa shape index (κ3) is 2.93. The molecule has 5 aliphatic rings. The van der Waals surface area contributed by atoms with Gasteiger partial charge in [-0.3, -0.25) is 9.59 Å². The number of carbonyl (C=O) groups excluding carboxylic acids is 2. The molecule has 2 unspecified atom stereocenters. The van der Waals surface area contributed by atoms with E-state index in [1.807, 2.05) is 0 Å². The number of hydrogen-bond acceptors (Lipinski definition) is 5. The topological polar surface area (TPSA) is 99.4 Å². The summed E-state index contributed by atoms with van der Waals surface area (Å²) in [7, 11) is 0. The molecule has 5 saturated carbocycles. The Balaban J connectivity index is 1.36. The van der Waals surface area contributed by atoms with Crippen molar-refractivity contribution in [2.45, 2.75) is 69.4 Å². The van der Waals surface area contributed by atoms with Gasteiger partial charge in [0.25, 0.3) is 5.91 Å². The first-order valence-electron chi connectivity index (χ1n) is 9.38. The van der Waals surface area contributed by atoms with Gasteiger partial charge in [0.15, 0.2) is 6.61 Å². The number of carbonyl (C=O) groups is 2. The molecule has 6 heteroatoms. The first-order valence-corrected chi connectivity index (χ1v) is 9.38. The first kappa shape index (κ1) is 16.8. The number of nitrogens with one attached hydrogen (secondary N) is 1. The lowest BCUT2D eigenvalue weighted by Gasteiger charge is -2.58. The lowest BCUT2D eigenvalue weighted by atomic mass is 9.48. The highest BCUT2D eigenvalue weighted by molar-refractivity contribution is 5.84. The molecule has 2 N–H and O–H groups in total. The Bertz CT molecular complexity index is 636.